The molecule has 0 saturated carbocycles. The molecule has 0 amide bonds. The molecule has 0 saturated heterocycles. The van der Waals surface area contributed by atoms with Gasteiger partial charge in [-0.1, -0.05) is 36.4 Å². The molecular formula is C15H18N4S. The number of hydrogen-bond donors (Lipinski definition) is 3. The molecule has 0 aliphatic rings. The monoisotopic (exact) mass is 286 g/mol. The number of thiocarbonyl (C=S) groups is 1. The van der Waals surface area contributed by atoms with Crippen LogP contribution in [0.4, 0.5) is 5.82 Å². The third kappa shape index (κ3) is 5.24. The molecule has 2 aromatic rings. The molecule has 0 radical (unpaired) electrons. The quantitative estimate of drug-likeness (QED) is 0.561. The van der Waals surface area contributed by atoms with E-state index in [1.807, 2.05) is 36.4 Å². The van der Waals surface area contributed by atoms with Crippen molar-refractivity contribution in [2.45, 2.75) is 6.54 Å². The zero-order valence-corrected chi connectivity index (χ0v) is 12.0. The fourth-order valence-corrected chi connectivity index (χ4v) is 1.85. The van der Waals surface area contributed by atoms with Crippen LogP contribution < -0.4 is 16.0 Å². The van der Waals surface area contributed by atoms with Gasteiger partial charge in [-0.15, -0.1) is 0 Å². The van der Waals surface area contributed by atoms with E-state index in [9.17, 15) is 0 Å². The van der Waals surface area contributed by atoms with Gasteiger partial charge in [0.05, 0.1) is 0 Å². The van der Waals surface area contributed by atoms with Gasteiger partial charge in [-0.25, -0.2) is 4.98 Å². The van der Waals surface area contributed by atoms with Crippen molar-refractivity contribution >= 4 is 23.1 Å². The molecule has 2 rings (SSSR count). The number of nitrogens with one attached hydrogen (secondary N) is 3. The van der Waals surface area contributed by atoms with Crippen LogP contribution in [-0.4, -0.2) is 23.2 Å². The van der Waals surface area contributed by atoms with Crippen LogP contribution in [0.15, 0.2) is 54.7 Å². The molecule has 5 heteroatoms. The number of benzene rings is 1. The number of rotatable bonds is 6. The zero-order valence-electron chi connectivity index (χ0n) is 11.2. The van der Waals surface area contributed by atoms with E-state index in [0.29, 0.717) is 5.11 Å². The highest BCUT2D eigenvalue weighted by Crippen LogP contribution is 1.98. The van der Waals surface area contributed by atoms with Crippen molar-refractivity contribution in [1.29, 1.82) is 0 Å². The maximum absolute atomic E-state index is 5.22. The van der Waals surface area contributed by atoms with Gasteiger partial charge in [-0.05, 0) is 29.9 Å². The van der Waals surface area contributed by atoms with Gasteiger partial charge in [0, 0.05) is 25.8 Å². The smallest absolute Gasteiger partial charge is 0.166 e. The predicted octanol–water partition coefficient (Wildman–Crippen LogP) is 2.16. The summed E-state index contributed by atoms with van der Waals surface area (Å²) in [6.45, 7) is 2.25. The van der Waals surface area contributed by atoms with E-state index in [1.165, 1.54) is 5.56 Å². The maximum Gasteiger partial charge on any atom is 0.166 e. The van der Waals surface area contributed by atoms with Crippen molar-refractivity contribution in [1.82, 2.24) is 15.6 Å². The largest absolute Gasteiger partial charge is 0.368 e. The highest BCUT2D eigenvalue weighted by Gasteiger charge is 1.96. The van der Waals surface area contributed by atoms with E-state index in [-0.39, 0.29) is 0 Å². The Bertz CT molecular complexity index is 516. The third-order valence-corrected chi connectivity index (χ3v) is 2.97. The first kappa shape index (κ1) is 14.3. The van der Waals surface area contributed by atoms with Crippen molar-refractivity contribution in [3.05, 3.63) is 60.3 Å². The van der Waals surface area contributed by atoms with E-state index in [2.05, 4.69) is 33.1 Å². The summed E-state index contributed by atoms with van der Waals surface area (Å²) in [5.41, 5.74) is 1.21. The lowest BCUT2D eigenvalue weighted by molar-refractivity contribution is 0.834. The number of nitrogens with zero attached hydrogens (tertiary/aromatic N) is 1. The minimum atomic E-state index is 0.664. The van der Waals surface area contributed by atoms with Crippen LogP contribution in [0.1, 0.15) is 5.56 Å². The predicted molar refractivity (Wildman–Crippen MR) is 86.6 cm³/mol. The van der Waals surface area contributed by atoms with Gasteiger partial charge < -0.3 is 16.0 Å². The van der Waals surface area contributed by atoms with Crippen LogP contribution in [0.2, 0.25) is 0 Å². The van der Waals surface area contributed by atoms with Crippen molar-refractivity contribution in [2.24, 2.45) is 0 Å². The third-order valence-electron chi connectivity index (χ3n) is 2.68. The summed E-state index contributed by atoms with van der Waals surface area (Å²) in [4.78, 5) is 4.18. The number of anilines is 1. The van der Waals surface area contributed by atoms with E-state index < -0.39 is 0 Å². The van der Waals surface area contributed by atoms with Gasteiger partial charge in [0.2, 0.25) is 0 Å². The molecule has 0 aliphatic heterocycles. The summed E-state index contributed by atoms with van der Waals surface area (Å²) in [5, 5.41) is 10.2. The second kappa shape index (κ2) is 8.12. The normalized spacial score (nSPS) is 9.80. The highest BCUT2D eigenvalue weighted by atomic mass is 32.1. The first-order valence-corrected chi connectivity index (χ1v) is 6.96. The molecule has 1 heterocycles. The Hall–Kier alpha value is -2.14. The van der Waals surface area contributed by atoms with Crippen molar-refractivity contribution in [3.8, 4) is 0 Å². The number of pyridine rings is 1. The molecule has 1 aromatic heterocycles. The van der Waals surface area contributed by atoms with Gasteiger partial charge in [-0.2, -0.15) is 0 Å². The van der Waals surface area contributed by atoms with Gasteiger partial charge in [0.15, 0.2) is 5.11 Å². The maximum atomic E-state index is 5.22. The van der Waals surface area contributed by atoms with Gasteiger partial charge >= 0.3 is 0 Å². The number of hydrogen-bond acceptors (Lipinski definition) is 3. The molecule has 104 valence electrons. The average molecular weight is 286 g/mol. The molecule has 3 N–H and O–H groups in total. The van der Waals surface area contributed by atoms with Crippen LogP contribution in [0.5, 0.6) is 0 Å². The summed E-state index contributed by atoms with van der Waals surface area (Å²) in [7, 11) is 0. The minimum Gasteiger partial charge on any atom is -0.368 e. The molecule has 0 aliphatic carbocycles. The van der Waals surface area contributed by atoms with Crippen LogP contribution in [0.25, 0.3) is 0 Å². The SMILES string of the molecule is S=C(NCCNc1ccccn1)NCc1ccccc1. The highest BCUT2D eigenvalue weighted by molar-refractivity contribution is 7.80. The van der Waals surface area contributed by atoms with Gasteiger partial charge in [0.25, 0.3) is 0 Å². The lowest BCUT2D eigenvalue weighted by atomic mass is 10.2. The molecule has 20 heavy (non-hydrogen) atoms. The first-order chi connectivity index (χ1) is 9.84. The average Bonchev–Trinajstić information content (AvgIpc) is 2.52. The van der Waals surface area contributed by atoms with E-state index in [0.717, 1.165) is 25.5 Å². The number of aromatic nitrogens is 1. The molecular weight excluding hydrogens is 268 g/mol. The summed E-state index contributed by atoms with van der Waals surface area (Å²) < 4.78 is 0. The lowest BCUT2D eigenvalue weighted by Gasteiger charge is -2.11. The van der Waals surface area contributed by atoms with Crippen LogP contribution in [-0.2, 0) is 6.54 Å². The topological polar surface area (TPSA) is 49.0 Å². The second-order valence-electron chi connectivity index (χ2n) is 4.24. The first-order valence-electron chi connectivity index (χ1n) is 6.55. The summed E-state index contributed by atoms with van der Waals surface area (Å²) in [6.07, 6.45) is 1.77. The Balaban J connectivity index is 1.59. The molecule has 0 atom stereocenters. The van der Waals surface area contributed by atoms with Crippen LogP contribution in [0, 0.1) is 0 Å². The summed E-state index contributed by atoms with van der Waals surface area (Å²) in [5.74, 6) is 0.873. The van der Waals surface area contributed by atoms with E-state index in [1.54, 1.807) is 6.20 Å². The van der Waals surface area contributed by atoms with Crippen molar-refractivity contribution in [2.75, 3.05) is 18.4 Å². The Labute approximate surface area is 124 Å². The molecule has 1 aromatic carbocycles. The summed E-state index contributed by atoms with van der Waals surface area (Å²) in [6, 6.07) is 16.0. The Kier molecular flexibility index (Phi) is 5.79. The van der Waals surface area contributed by atoms with Gasteiger partial charge in [-0.3, -0.25) is 0 Å². The van der Waals surface area contributed by atoms with Gasteiger partial charge in [0.1, 0.15) is 5.82 Å². The second-order valence-corrected chi connectivity index (χ2v) is 4.65. The molecule has 0 fully saturated rings. The lowest BCUT2D eigenvalue weighted by Crippen LogP contribution is -2.37. The Morgan fingerprint density at radius 2 is 1.75 bits per heavy atom. The van der Waals surface area contributed by atoms with Crippen molar-refractivity contribution < 1.29 is 0 Å². The van der Waals surface area contributed by atoms with Crippen LogP contribution in [0.3, 0.4) is 0 Å². The molecule has 0 unspecified atom stereocenters. The van der Waals surface area contributed by atoms with E-state index in [4.69, 9.17) is 12.2 Å². The minimum absolute atomic E-state index is 0.664. The molecule has 0 bridgehead atoms. The summed E-state index contributed by atoms with van der Waals surface area (Å²) >= 11 is 5.22. The van der Waals surface area contributed by atoms with E-state index >= 15 is 0 Å². The standard InChI is InChI=1S/C15H18N4S/c20-15(19-12-13-6-2-1-3-7-13)18-11-10-17-14-8-4-5-9-16-14/h1-9H,10-12H2,(H,16,17)(H2,18,19,20). The fraction of sp³-hybridized carbons (Fsp3) is 0.200. The van der Waals surface area contributed by atoms with Crippen molar-refractivity contribution in [3.63, 3.8) is 0 Å². The zero-order chi connectivity index (χ0) is 14.0. The Morgan fingerprint density at radius 3 is 2.50 bits per heavy atom. The molecule has 0 spiro atoms. The molecule has 4 nitrogen and oxygen atoms in total. The Morgan fingerprint density at radius 1 is 0.950 bits per heavy atom. The van der Waals surface area contributed by atoms with Crippen LogP contribution >= 0.6 is 12.2 Å². The fourth-order valence-electron chi connectivity index (χ4n) is 1.67.